The molecule has 2 fully saturated rings. The van der Waals surface area contributed by atoms with Crippen LogP contribution in [-0.4, -0.2) is 46.4 Å². The Balaban J connectivity index is 1.89. The van der Waals surface area contributed by atoms with Crippen LogP contribution in [-0.2, 0) is 4.79 Å². The predicted molar refractivity (Wildman–Crippen MR) is 86.9 cm³/mol. The van der Waals surface area contributed by atoms with Crippen LogP contribution in [0.2, 0.25) is 0 Å². The van der Waals surface area contributed by atoms with Crippen molar-refractivity contribution in [3.05, 3.63) is 12.7 Å². The minimum Gasteiger partial charge on any atom is -0.338 e. The fraction of sp³-hybridized carbons (Fsp3) is 0.800. The molecule has 1 amide bonds. The van der Waals surface area contributed by atoms with Gasteiger partial charge in [0.15, 0.2) is 0 Å². The number of carbonyl (C=O) groups excluding carboxylic acids is 1. The van der Waals surface area contributed by atoms with Gasteiger partial charge in [-0.05, 0) is 18.8 Å². The van der Waals surface area contributed by atoms with Crippen LogP contribution in [0.15, 0.2) is 12.7 Å². The van der Waals surface area contributed by atoms with Gasteiger partial charge in [0.2, 0.25) is 5.91 Å². The van der Waals surface area contributed by atoms with E-state index >= 15 is 0 Å². The second kappa shape index (κ2) is 8.25. The lowest BCUT2D eigenvalue weighted by molar-refractivity contribution is -0.130. The van der Waals surface area contributed by atoms with E-state index in [1.807, 2.05) is 29.6 Å². The van der Waals surface area contributed by atoms with Crippen LogP contribution in [0, 0.1) is 5.92 Å². The first kappa shape index (κ1) is 15.3. The fourth-order valence-corrected chi connectivity index (χ4v) is 5.56. The third-order valence-electron chi connectivity index (χ3n) is 3.96. The smallest absolute Gasteiger partial charge is 0.236 e. The highest BCUT2D eigenvalue weighted by atomic mass is 32.2. The summed E-state index contributed by atoms with van der Waals surface area (Å²) in [5.41, 5.74) is 0. The summed E-state index contributed by atoms with van der Waals surface area (Å²) in [5.74, 6) is 4.37. The zero-order valence-electron chi connectivity index (χ0n) is 11.7. The van der Waals surface area contributed by atoms with Gasteiger partial charge in [-0.15, -0.1) is 18.3 Å². The molecular weight excluding hydrogens is 274 g/mol. The van der Waals surface area contributed by atoms with E-state index in [1.165, 1.54) is 37.9 Å². The van der Waals surface area contributed by atoms with Gasteiger partial charge in [0.1, 0.15) is 0 Å². The monoisotopic (exact) mass is 299 g/mol. The number of hydrogen-bond acceptors (Lipinski definition) is 3. The van der Waals surface area contributed by atoms with Gasteiger partial charge in [0.25, 0.3) is 0 Å². The van der Waals surface area contributed by atoms with Crippen LogP contribution < -0.4 is 0 Å². The molecular formula is C15H25NOS2. The summed E-state index contributed by atoms with van der Waals surface area (Å²) < 4.78 is 0. The molecule has 0 radical (unpaired) electrons. The van der Waals surface area contributed by atoms with Gasteiger partial charge in [0, 0.05) is 30.3 Å². The maximum absolute atomic E-state index is 12.6. The highest BCUT2D eigenvalue weighted by Gasteiger charge is 2.28. The molecule has 0 N–H and O–H groups in total. The molecule has 0 aromatic rings. The fourth-order valence-electron chi connectivity index (χ4n) is 2.93. The minimum absolute atomic E-state index is 0.183. The molecule has 1 aliphatic heterocycles. The van der Waals surface area contributed by atoms with Crippen molar-refractivity contribution in [3.8, 4) is 0 Å². The van der Waals surface area contributed by atoms with Gasteiger partial charge in [-0.2, -0.15) is 11.8 Å². The third kappa shape index (κ3) is 4.75. The molecule has 0 aromatic heterocycles. The van der Waals surface area contributed by atoms with E-state index in [2.05, 4.69) is 11.5 Å². The summed E-state index contributed by atoms with van der Waals surface area (Å²) in [5, 5.41) is 0.183. The van der Waals surface area contributed by atoms with E-state index in [-0.39, 0.29) is 5.25 Å². The van der Waals surface area contributed by atoms with Crippen LogP contribution in [0.25, 0.3) is 0 Å². The lowest BCUT2D eigenvalue weighted by Crippen LogP contribution is -2.43. The van der Waals surface area contributed by atoms with Gasteiger partial charge in [0.05, 0.1) is 5.25 Å². The van der Waals surface area contributed by atoms with E-state index < -0.39 is 0 Å². The molecule has 2 nitrogen and oxygen atoms in total. The summed E-state index contributed by atoms with van der Waals surface area (Å²) in [6, 6.07) is 0. The maximum atomic E-state index is 12.6. The van der Waals surface area contributed by atoms with Crippen LogP contribution in [0.3, 0.4) is 0 Å². The number of hydrogen-bond donors (Lipinski definition) is 0. The van der Waals surface area contributed by atoms with Crippen molar-refractivity contribution in [1.82, 2.24) is 4.90 Å². The molecule has 0 bridgehead atoms. The molecule has 108 valence electrons. The average molecular weight is 300 g/mol. The standard InChI is InChI=1S/C15H25NOS2/c1-2-8-16(11-13-6-4-3-5-7-13)15(17)14-12-18-9-10-19-14/h2,13-14H,1,3-12H2/t14-/m1/s1. The minimum atomic E-state index is 0.183. The van der Waals surface area contributed by atoms with E-state index in [0.29, 0.717) is 5.91 Å². The van der Waals surface area contributed by atoms with Gasteiger partial charge >= 0.3 is 0 Å². The Bertz CT molecular complexity index is 297. The van der Waals surface area contributed by atoms with Gasteiger partial charge in [-0.25, -0.2) is 0 Å². The second-order valence-electron chi connectivity index (χ2n) is 5.47. The summed E-state index contributed by atoms with van der Waals surface area (Å²) in [7, 11) is 0. The summed E-state index contributed by atoms with van der Waals surface area (Å²) in [6.45, 7) is 5.49. The molecule has 4 heteroatoms. The largest absolute Gasteiger partial charge is 0.338 e. The van der Waals surface area contributed by atoms with E-state index in [4.69, 9.17) is 0 Å². The van der Waals surface area contributed by atoms with Gasteiger partial charge in [-0.3, -0.25) is 4.79 Å². The lowest BCUT2D eigenvalue weighted by Gasteiger charge is -2.32. The Hall–Kier alpha value is -0.0900. The van der Waals surface area contributed by atoms with Crippen LogP contribution in [0.5, 0.6) is 0 Å². The Morgan fingerprint density at radius 2 is 2.05 bits per heavy atom. The summed E-state index contributed by atoms with van der Waals surface area (Å²) >= 11 is 3.76. The second-order valence-corrected chi connectivity index (χ2v) is 7.93. The first-order chi connectivity index (χ1) is 9.31. The molecule has 1 aliphatic carbocycles. The molecule has 0 unspecified atom stereocenters. The first-order valence-corrected chi connectivity index (χ1v) is 9.60. The molecule has 1 saturated heterocycles. The lowest BCUT2D eigenvalue weighted by atomic mass is 9.89. The number of thioether (sulfide) groups is 2. The van der Waals surface area contributed by atoms with Gasteiger partial charge < -0.3 is 4.90 Å². The average Bonchev–Trinajstić information content (AvgIpc) is 2.48. The molecule has 0 spiro atoms. The third-order valence-corrected chi connectivity index (χ3v) is 6.70. The van der Waals surface area contributed by atoms with Crippen molar-refractivity contribution in [2.75, 3.05) is 30.3 Å². The maximum Gasteiger partial charge on any atom is 0.236 e. The first-order valence-electron chi connectivity index (χ1n) is 7.40. The number of rotatable bonds is 5. The van der Waals surface area contributed by atoms with Crippen molar-refractivity contribution < 1.29 is 4.79 Å². The van der Waals surface area contributed by atoms with Crippen molar-refractivity contribution in [2.24, 2.45) is 5.92 Å². The Morgan fingerprint density at radius 1 is 1.26 bits per heavy atom. The highest BCUT2D eigenvalue weighted by molar-refractivity contribution is 8.07. The van der Waals surface area contributed by atoms with Crippen molar-refractivity contribution >= 4 is 29.4 Å². The predicted octanol–water partition coefficient (Wildman–Crippen LogP) is 3.43. The van der Waals surface area contributed by atoms with Crippen molar-refractivity contribution in [3.63, 3.8) is 0 Å². The quantitative estimate of drug-likeness (QED) is 0.725. The molecule has 2 rings (SSSR count). The molecule has 0 aromatic carbocycles. The number of carbonyl (C=O) groups is 1. The van der Waals surface area contributed by atoms with Crippen molar-refractivity contribution in [1.29, 1.82) is 0 Å². The molecule has 2 aliphatic rings. The van der Waals surface area contributed by atoms with E-state index in [0.717, 1.165) is 30.5 Å². The highest BCUT2D eigenvalue weighted by Crippen LogP contribution is 2.28. The molecule has 19 heavy (non-hydrogen) atoms. The van der Waals surface area contributed by atoms with Crippen molar-refractivity contribution in [2.45, 2.75) is 37.4 Å². The Labute approximate surface area is 125 Å². The Morgan fingerprint density at radius 3 is 2.68 bits per heavy atom. The van der Waals surface area contributed by atoms with E-state index in [1.54, 1.807) is 0 Å². The number of nitrogens with zero attached hydrogens (tertiary/aromatic N) is 1. The van der Waals surface area contributed by atoms with Crippen LogP contribution in [0.4, 0.5) is 0 Å². The molecule has 1 heterocycles. The van der Waals surface area contributed by atoms with Crippen LogP contribution in [0.1, 0.15) is 32.1 Å². The molecule has 1 atom stereocenters. The Kier molecular flexibility index (Phi) is 6.65. The topological polar surface area (TPSA) is 20.3 Å². The molecule has 1 saturated carbocycles. The normalized spacial score (nSPS) is 24.9. The SMILES string of the molecule is C=CCN(CC1CCCCC1)C(=O)[C@H]1CSCCS1. The summed E-state index contributed by atoms with van der Waals surface area (Å²) in [6.07, 6.45) is 8.53. The van der Waals surface area contributed by atoms with Gasteiger partial charge in [-0.1, -0.05) is 25.3 Å². The van der Waals surface area contributed by atoms with Crippen LogP contribution >= 0.6 is 23.5 Å². The summed E-state index contributed by atoms with van der Waals surface area (Å²) in [4.78, 5) is 14.7. The number of amides is 1. The zero-order valence-corrected chi connectivity index (χ0v) is 13.3. The zero-order chi connectivity index (χ0) is 13.5. The van der Waals surface area contributed by atoms with E-state index in [9.17, 15) is 4.79 Å².